The van der Waals surface area contributed by atoms with Gasteiger partial charge in [0.05, 0.1) is 0 Å². The van der Waals surface area contributed by atoms with Gasteiger partial charge in [0, 0.05) is 15.1 Å². The summed E-state index contributed by atoms with van der Waals surface area (Å²) in [5, 5.41) is 0. The van der Waals surface area contributed by atoms with Crippen LogP contribution >= 0.6 is 0 Å². The van der Waals surface area contributed by atoms with Gasteiger partial charge in [-0.05, 0) is 52.5 Å². The predicted molar refractivity (Wildman–Crippen MR) is 94.6 cm³/mol. The minimum absolute atomic E-state index is 0.653. The molecule has 0 aliphatic heterocycles. The summed E-state index contributed by atoms with van der Waals surface area (Å²) in [5.41, 5.74) is 11.0. The van der Waals surface area contributed by atoms with Crippen LogP contribution in [0.2, 0.25) is 12.1 Å². The van der Waals surface area contributed by atoms with Gasteiger partial charge in [-0.15, -0.1) is 5.73 Å². The van der Waals surface area contributed by atoms with Crippen molar-refractivity contribution in [3.8, 4) is 0 Å². The summed E-state index contributed by atoms with van der Waals surface area (Å²) in [5.74, 6) is 1.31. The molecule has 4 rings (SSSR count). The molecule has 1 heteroatoms. The standard InChI is InChI=1S/C21H20Si/c1-3-15-16-8-4-6-10-18(16)20-12-14(22-2)13-21(20)19-11-7-5-9-17(15)19/h4-11,14,20-21H,1,12-13H2,2H3. The quantitative estimate of drug-likeness (QED) is 0.487. The van der Waals surface area contributed by atoms with Crippen LogP contribution in [0, 0.1) is 0 Å². The Morgan fingerprint density at radius 2 is 1.41 bits per heavy atom. The number of hydrogen-bond acceptors (Lipinski definition) is 0. The van der Waals surface area contributed by atoms with Crippen molar-refractivity contribution in [1.29, 1.82) is 0 Å². The van der Waals surface area contributed by atoms with Crippen molar-refractivity contribution in [3.05, 3.63) is 83.1 Å². The van der Waals surface area contributed by atoms with Gasteiger partial charge in [0.2, 0.25) is 0 Å². The van der Waals surface area contributed by atoms with Gasteiger partial charge in [0.1, 0.15) is 0 Å². The average molecular weight is 300 g/mol. The van der Waals surface area contributed by atoms with Gasteiger partial charge in [-0.25, -0.2) is 0 Å². The summed E-state index contributed by atoms with van der Waals surface area (Å²) in [4.78, 5) is 0. The Morgan fingerprint density at radius 3 is 1.86 bits per heavy atom. The van der Waals surface area contributed by atoms with Crippen LogP contribution in [0.4, 0.5) is 0 Å². The summed E-state index contributed by atoms with van der Waals surface area (Å²) in [6.07, 6.45) is 2.66. The normalized spacial score (nSPS) is 25.7. The van der Waals surface area contributed by atoms with E-state index < -0.39 is 0 Å². The molecule has 1 saturated carbocycles. The lowest BCUT2D eigenvalue weighted by atomic mass is 9.84. The van der Waals surface area contributed by atoms with E-state index in [1.807, 2.05) is 0 Å². The lowest BCUT2D eigenvalue weighted by Gasteiger charge is -2.19. The minimum Gasteiger partial charge on any atom is -0.119 e. The summed E-state index contributed by atoms with van der Waals surface area (Å²) in [6, 6.07) is 17.8. The Hall–Kier alpha value is -1.82. The maximum absolute atomic E-state index is 3.99. The van der Waals surface area contributed by atoms with Gasteiger partial charge in [-0.2, -0.15) is 0 Å². The van der Waals surface area contributed by atoms with E-state index in [-0.39, 0.29) is 0 Å². The van der Waals surface area contributed by atoms with Crippen molar-refractivity contribution in [2.24, 2.45) is 0 Å². The highest BCUT2D eigenvalue weighted by Gasteiger charge is 2.39. The fourth-order valence-electron chi connectivity index (χ4n) is 4.39. The zero-order valence-corrected chi connectivity index (χ0v) is 14.0. The molecule has 22 heavy (non-hydrogen) atoms. The van der Waals surface area contributed by atoms with Gasteiger partial charge < -0.3 is 0 Å². The maximum atomic E-state index is 3.99. The van der Waals surface area contributed by atoms with E-state index in [9.17, 15) is 0 Å². The van der Waals surface area contributed by atoms with Crippen molar-refractivity contribution in [3.63, 3.8) is 0 Å². The molecule has 0 saturated heterocycles. The highest BCUT2D eigenvalue weighted by atomic mass is 28.2. The summed E-state index contributed by atoms with van der Waals surface area (Å²) >= 11 is 0. The molecule has 0 bridgehead atoms. The molecule has 0 spiro atoms. The molecule has 2 radical (unpaired) electrons. The molecule has 2 aliphatic carbocycles. The fraction of sp³-hybridized carbons (Fsp3) is 0.286. The fourth-order valence-corrected chi connectivity index (χ4v) is 5.37. The van der Waals surface area contributed by atoms with Gasteiger partial charge in [-0.3, -0.25) is 0 Å². The smallest absolute Gasteiger partial charge is 0.0378 e. The van der Waals surface area contributed by atoms with Crippen LogP contribution in [0.15, 0.2) is 60.8 Å². The summed E-state index contributed by atoms with van der Waals surface area (Å²) in [7, 11) is 1.05. The van der Waals surface area contributed by atoms with E-state index in [1.165, 1.54) is 40.7 Å². The van der Waals surface area contributed by atoms with Crippen LogP contribution in [0.1, 0.15) is 46.9 Å². The van der Waals surface area contributed by atoms with E-state index in [4.69, 9.17) is 0 Å². The molecule has 0 nitrogen and oxygen atoms in total. The highest BCUT2D eigenvalue weighted by molar-refractivity contribution is 6.35. The van der Waals surface area contributed by atoms with Gasteiger partial charge in [0.25, 0.3) is 0 Å². The van der Waals surface area contributed by atoms with Crippen molar-refractivity contribution in [2.45, 2.75) is 36.8 Å². The Balaban J connectivity index is 2.01. The molecule has 0 aromatic heterocycles. The second kappa shape index (κ2) is 5.42. The Morgan fingerprint density at radius 1 is 0.909 bits per heavy atom. The number of fused-ring (bicyclic) bond motifs is 5. The molecule has 0 heterocycles. The molecule has 0 amide bonds. The Labute approximate surface area is 135 Å². The molecule has 2 unspecified atom stereocenters. The molecule has 2 aromatic rings. The lowest BCUT2D eigenvalue weighted by molar-refractivity contribution is 0.626. The first-order valence-electron chi connectivity index (χ1n) is 8.09. The van der Waals surface area contributed by atoms with Crippen molar-refractivity contribution in [2.75, 3.05) is 0 Å². The topological polar surface area (TPSA) is 0 Å². The van der Waals surface area contributed by atoms with E-state index >= 15 is 0 Å². The minimum atomic E-state index is 0.653. The highest BCUT2D eigenvalue weighted by Crippen LogP contribution is 2.55. The number of benzene rings is 2. The Bertz CT molecular complexity index is 709. The third kappa shape index (κ3) is 1.97. The van der Waals surface area contributed by atoms with Crippen LogP contribution < -0.4 is 0 Å². The third-order valence-electron chi connectivity index (χ3n) is 5.41. The molecule has 0 N–H and O–H groups in total. The second-order valence-corrected chi connectivity index (χ2v) is 7.79. The second-order valence-electron chi connectivity index (χ2n) is 6.40. The van der Waals surface area contributed by atoms with Crippen LogP contribution in [0.3, 0.4) is 0 Å². The third-order valence-corrected chi connectivity index (χ3v) is 6.69. The van der Waals surface area contributed by atoms with Crippen LogP contribution in [0.5, 0.6) is 0 Å². The monoisotopic (exact) mass is 300 g/mol. The van der Waals surface area contributed by atoms with E-state index in [2.05, 4.69) is 67.4 Å². The first-order chi connectivity index (χ1) is 10.8. The average Bonchev–Trinajstić information content (AvgIpc) is 2.96. The SMILES string of the molecule is C=C=C1c2ccccc2C2CC([Si]C)CC2c2ccccc21. The molecular formula is C21H20Si. The molecule has 2 aromatic carbocycles. The van der Waals surface area contributed by atoms with E-state index in [0.29, 0.717) is 11.8 Å². The van der Waals surface area contributed by atoms with Gasteiger partial charge >= 0.3 is 0 Å². The predicted octanol–water partition coefficient (Wildman–Crippen LogP) is 5.42. The molecule has 108 valence electrons. The number of hydrogen-bond donors (Lipinski definition) is 0. The van der Waals surface area contributed by atoms with Gasteiger partial charge in [-0.1, -0.05) is 61.7 Å². The summed E-state index contributed by atoms with van der Waals surface area (Å²) in [6.45, 7) is 6.35. The first kappa shape index (κ1) is 13.8. The van der Waals surface area contributed by atoms with Crippen LogP contribution in [-0.4, -0.2) is 9.52 Å². The van der Waals surface area contributed by atoms with E-state index in [0.717, 1.165) is 15.1 Å². The largest absolute Gasteiger partial charge is 0.119 e. The Kier molecular flexibility index (Phi) is 3.41. The van der Waals surface area contributed by atoms with E-state index in [1.54, 1.807) is 0 Å². The van der Waals surface area contributed by atoms with Crippen molar-refractivity contribution in [1.82, 2.24) is 0 Å². The molecule has 2 aliphatic rings. The lowest BCUT2D eigenvalue weighted by Crippen LogP contribution is -2.04. The summed E-state index contributed by atoms with van der Waals surface area (Å²) < 4.78 is 0. The van der Waals surface area contributed by atoms with Crippen molar-refractivity contribution < 1.29 is 0 Å². The van der Waals surface area contributed by atoms with Crippen LogP contribution in [0.25, 0.3) is 5.57 Å². The zero-order chi connectivity index (χ0) is 15.1. The van der Waals surface area contributed by atoms with Gasteiger partial charge in [0.15, 0.2) is 0 Å². The zero-order valence-electron chi connectivity index (χ0n) is 13.0. The molecule has 2 atom stereocenters. The van der Waals surface area contributed by atoms with Crippen molar-refractivity contribution >= 4 is 15.1 Å². The maximum Gasteiger partial charge on any atom is 0.0378 e. The molecular weight excluding hydrogens is 280 g/mol. The number of rotatable bonds is 1. The first-order valence-corrected chi connectivity index (χ1v) is 9.67. The van der Waals surface area contributed by atoms with Crippen LogP contribution in [-0.2, 0) is 0 Å². The molecule has 1 fully saturated rings.